The van der Waals surface area contributed by atoms with Crippen LogP contribution < -0.4 is 10.2 Å². The molecule has 4 rings (SSSR count). The summed E-state index contributed by atoms with van der Waals surface area (Å²) in [6.45, 7) is 0.0296. The van der Waals surface area contributed by atoms with Gasteiger partial charge in [0.1, 0.15) is 0 Å². The van der Waals surface area contributed by atoms with Crippen molar-refractivity contribution in [2.24, 2.45) is 5.92 Å². The SMILES string of the molecule is O=C(Nc1nnc(SCc2ccccc2)s1)C1CC(=O)N(c2ccc(F)c([N+](=O)[O-])c2)C1. The molecule has 3 aromatic rings. The summed E-state index contributed by atoms with van der Waals surface area (Å²) in [4.78, 5) is 36.4. The molecule has 0 radical (unpaired) electrons. The Morgan fingerprint density at radius 3 is 2.81 bits per heavy atom. The maximum absolute atomic E-state index is 13.6. The largest absolute Gasteiger partial charge is 0.311 e. The Kier molecular flexibility index (Phi) is 6.42. The lowest BCUT2D eigenvalue weighted by Crippen LogP contribution is -2.28. The summed E-state index contributed by atoms with van der Waals surface area (Å²) < 4.78 is 14.3. The monoisotopic (exact) mass is 473 g/mol. The molecule has 2 heterocycles. The summed E-state index contributed by atoms with van der Waals surface area (Å²) in [6.07, 6.45) is -0.0641. The first-order chi connectivity index (χ1) is 15.4. The summed E-state index contributed by atoms with van der Waals surface area (Å²) in [5.41, 5.74) is 0.593. The second kappa shape index (κ2) is 9.40. The van der Waals surface area contributed by atoms with Gasteiger partial charge in [-0.2, -0.15) is 4.39 Å². The van der Waals surface area contributed by atoms with Gasteiger partial charge in [-0.15, -0.1) is 10.2 Å². The normalized spacial score (nSPS) is 15.7. The molecule has 1 unspecified atom stereocenters. The molecular weight excluding hydrogens is 457 g/mol. The Morgan fingerprint density at radius 2 is 2.06 bits per heavy atom. The maximum Gasteiger partial charge on any atom is 0.306 e. The fourth-order valence-corrected chi connectivity index (χ4v) is 4.90. The van der Waals surface area contributed by atoms with Crippen LogP contribution >= 0.6 is 23.1 Å². The minimum absolute atomic E-state index is 0.0296. The van der Waals surface area contributed by atoms with Gasteiger partial charge in [-0.25, -0.2) is 0 Å². The number of hydrogen-bond donors (Lipinski definition) is 1. The number of thioether (sulfide) groups is 1. The molecule has 1 saturated heterocycles. The zero-order valence-electron chi connectivity index (χ0n) is 16.4. The van der Waals surface area contributed by atoms with Crippen LogP contribution in [0.2, 0.25) is 0 Å². The molecule has 9 nitrogen and oxygen atoms in total. The van der Waals surface area contributed by atoms with E-state index in [1.165, 1.54) is 34.1 Å². The molecule has 0 bridgehead atoms. The van der Waals surface area contributed by atoms with Gasteiger partial charge in [0.15, 0.2) is 4.34 Å². The predicted molar refractivity (Wildman–Crippen MR) is 118 cm³/mol. The summed E-state index contributed by atoms with van der Waals surface area (Å²) >= 11 is 2.74. The predicted octanol–water partition coefficient (Wildman–Crippen LogP) is 3.87. The van der Waals surface area contributed by atoms with E-state index in [4.69, 9.17) is 0 Å². The molecule has 1 aliphatic rings. The molecule has 164 valence electrons. The van der Waals surface area contributed by atoms with Gasteiger partial charge in [0.2, 0.25) is 22.8 Å². The van der Waals surface area contributed by atoms with E-state index in [9.17, 15) is 24.1 Å². The van der Waals surface area contributed by atoms with Crippen LogP contribution in [-0.4, -0.2) is 33.5 Å². The molecule has 12 heteroatoms. The Hall–Kier alpha value is -3.38. The van der Waals surface area contributed by atoms with Gasteiger partial charge < -0.3 is 10.2 Å². The van der Waals surface area contributed by atoms with E-state index in [0.29, 0.717) is 9.47 Å². The van der Waals surface area contributed by atoms with Crippen molar-refractivity contribution in [1.29, 1.82) is 0 Å². The molecule has 1 aromatic heterocycles. The lowest BCUT2D eigenvalue weighted by Gasteiger charge is -2.16. The molecule has 2 aromatic carbocycles. The second-order valence-corrected chi connectivity index (χ2v) is 9.13. The minimum atomic E-state index is -0.989. The van der Waals surface area contributed by atoms with Crippen molar-refractivity contribution in [3.63, 3.8) is 0 Å². The lowest BCUT2D eigenvalue weighted by atomic mass is 10.1. The molecule has 32 heavy (non-hydrogen) atoms. The van der Waals surface area contributed by atoms with Gasteiger partial charge in [-0.1, -0.05) is 53.4 Å². The van der Waals surface area contributed by atoms with Crippen molar-refractivity contribution in [2.75, 3.05) is 16.8 Å². The molecule has 0 saturated carbocycles. The zero-order chi connectivity index (χ0) is 22.7. The van der Waals surface area contributed by atoms with E-state index in [-0.39, 0.29) is 24.6 Å². The summed E-state index contributed by atoms with van der Waals surface area (Å²) in [7, 11) is 0. The van der Waals surface area contributed by atoms with Crippen LogP contribution in [0.1, 0.15) is 12.0 Å². The first-order valence-electron chi connectivity index (χ1n) is 9.46. The van der Waals surface area contributed by atoms with Crippen LogP contribution in [0.15, 0.2) is 52.9 Å². The van der Waals surface area contributed by atoms with Crippen LogP contribution in [0.25, 0.3) is 0 Å². The highest BCUT2D eigenvalue weighted by Crippen LogP contribution is 2.31. The number of carbonyl (C=O) groups is 2. The lowest BCUT2D eigenvalue weighted by molar-refractivity contribution is -0.387. The number of nitro benzene ring substituents is 1. The highest BCUT2D eigenvalue weighted by Gasteiger charge is 2.36. The van der Waals surface area contributed by atoms with Crippen molar-refractivity contribution >= 4 is 51.4 Å². The van der Waals surface area contributed by atoms with Gasteiger partial charge >= 0.3 is 5.69 Å². The molecule has 1 fully saturated rings. The number of aromatic nitrogens is 2. The number of amides is 2. The smallest absolute Gasteiger partial charge is 0.306 e. The van der Waals surface area contributed by atoms with E-state index in [1.807, 2.05) is 30.3 Å². The number of anilines is 2. The molecule has 2 amide bonds. The molecule has 0 aliphatic carbocycles. The number of halogens is 1. The van der Waals surface area contributed by atoms with Crippen LogP contribution in [0, 0.1) is 21.8 Å². The molecular formula is C20H16FN5O4S2. The summed E-state index contributed by atoms with van der Waals surface area (Å²) in [5, 5.41) is 22.0. The average molecular weight is 474 g/mol. The Morgan fingerprint density at radius 1 is 1.28 bits per heavy atom. The third-order valence-electron chi connectivity index (χ3n) is 4.78. The van der Waals surface area contributed by atoms with E-state index in [2.05, 4.69) is 15.5 Å². The molecule has 0 spiro atoms. The van der Waals surface area contributed by atoms with Crippen LogP contribution in [0.4, 0.5) is 20.9 Å². The fourth-order valence-electron chi connectivity index (χ4n) is 3.19. The van der Waals surface area contributed by atoms with Crippen molar-refractivity contribution < 1.29 is 18.9 Å². The van der Waals surface area contributed by atoms with Gasteiger partial charge in [0, 0.05) is 24.8 Å². The highest BCUT2D eigenvalue weighted by atomic mass is 32.2. The number of rotatable bonds is 7. The van der Waals surface area contributed by atoms with Gasteiger partial charge in [0.05, 0.1) is 16.5 Å². The number of carbonyl (C=O) groups excluding carboxylic acids is 2. The number of benzene rings is 2. The van der Waals surface area contributed by atoms with E-state index < -0.39 is 28.3 Å². The Labute approximate surface area is 189 Å². The first kappa shape index (κ1) is 21.8. The zero-order valence-corrected chi connectivity index (χ0v) is 18.1. The van der Waals surface area contributed by atoms with Crippen molar-refractivity contribution in [1.82, 2.24) is 10.2 Å². The summed E-state index contributed by atoms with van der Waals surface area (Å²) in [5.74, 6) is -1.71. The van der Waals surface area contributed by atoms with E-state index in [0.717, 1.165) is 23.4 Å². The summed E-state index contributed by atoms with van der Waals surface area (Å²) in [6, 6.07) is 13.1. The van der Waals surface area contributed by atoms with Crippen LogP contribution in [0.3, 0.4) is 0 Å². The maximum atomic E-state index is 13.6. The second-order valence-electron chi connectivity index (χ2n) is 6.93. The molecule has 1 aliphatic heterocycles. The third-order valence-corrected chi connectivity index (χ3v) is 6.82. The Bertz CT molecular complexity index is 1170. The average Bonchev–Trinajstić information content (AvgIpc) is 3.39. The van der Waals surface area contributed by atoms with Gasteiger partial charge in [-0.05, 0) is 17.7 Å². The topological polar surface area (TPSA) is 118 Å². The van der Waals surface area contributed by atoms with E-state index >= 15 is 0 Å². The van der Waals surface area contributed by atoms with Crippen LogP contribution in [-0.2, 0) is 15.3 Å². The number of hydrogen-bond acceptors (Lipinski definition) is 8. The standard InChI is InChI=1S/C20H16FN5O4S2/c21-15-7-6-14(9-16(15)26(29)30)25-10-13(8-17(25)27)18(28)22-19-23-24-20(32-19)31-11-12-4-2-1-3-5-12/h1-7,9,13H,8,10-11H2,(H,22,23,28). The number of nitrogens with one attached hydrogen (secondary N) is 1. The van der Waals surface area contributed by atoms with Crippen LogP contribution in [0.5, 0.6) is 0 Å². The molecule has 1 N–H and O–H groups in total. The van der Waals surface area contributed by atoms with Gasteiger partial charge in [0.25, 0.3) is 0 Å². The number of nitro groups is 1. The van der Waals surface area contributed by atoms with Crippen molar-refractivity contribution in [3.05, 3.63) is 70.0 Å². The first-order valence-corrected chi connectivity index (χ1v) is 11.3. The van der Waals surface area contributed by atoms with Crippen molar-refractivity contribution in [3.8, 4) is 0 Å². The minimum Gasteiger partial charge on any atom is -0.311 e. The number of nitrogens with zero attached hydrogens (tertiary/aromatic N) is 4. The van der Waals surface area contributed by atoms with Crippen molar-refractivity contribution in [2.45, 2.75) is 16.5 Å². The van der Waals surface area contributed by atoms with Gasteiger partial charge in [-0.3, -0.25) is 19.7 Å². The highest BCUT2D eigenvalue weighted by molar-refractivity contribution is 8.00. The quantitative estimate of drug-likeness (QED) is 0.239. The molecule has 1 atom stereocenters. The fraction of sp³-hybridized carbons (Fsp3) is 0.200. The van der Waals surface area contributed by atoms with E-state index in [1.54, 1.807) is 0 Å². The Balaban J connectivity index is 1.37. The third kappa shape index (κ3) is 4.92.